The minimum Gasteiger partial charge on any atom is -0.423 e. The molecule has 0 unspecified atom stereocenters. The fraction of sp³-hybridized carbons (Fsp3) is 0.400. The first-order valence-electron chi connectivity index (χ1n) is 11.8. The van der Waals surface area contributed by atoms with E-state index in [1.54, 1.807) is 12.1 Å². The lowest BCUT2D eigenvalue weighted by Crippen LogP contribution is -2.29. The van der Waals surface area contributed by atoms with E-state index in [-0.39, 0.29) is 16.2 Å². The van der Waals surface area contributed by atoms with Crippen molar-refractivity contribution in [3.8, 4) is 11.1 Å². The van der Waals surface area contributed by atoms with Crippen LogP contribution in [0.25, 0.3) is 11.1 Å². The average molecular weight is 444 g/mol. The summed E-state index contributed by atoms with van der Waals surface area (Å²) in [5.41, 5.74) is 7.62. The summed E-state index contributed by atoms with van der Waals surface area (Å²) in [6.45, 7) is 19.9. The van der Waals surface area contributed by atoms with Crippen molar-refractivity contribution >= 4 is 12.6 Å². The molecule has 0 amide bonds. The molecule has 3 heteroatoms. The zero-order valence-corrected chi connectivity index (χ0v) is 21.9. The molecule has 0 heterocycles. The molecule has 0 aliphatic carbocycles. The predicted octanol–water partition coefficient (Wildman–Crippen LogP) is 6.61. The smallest absolute Gasteiger partial charge is 0.423 e. The maximum Gasteiger partial charge on any atom is 0.488 e. The highest BCUT2D eigenvalue weighted by molar-refractivity contribution is 6.58. The molecule has 0 aliphatic rings. The van der Waals surface area contributed by atoms with Gasteiger partial charge in [-0.25, -0.2) is 0 Å². The Morgan fingerprint density at radius 1 is 0.424 bits per heavy atom. The molecule has 2 N–H and O–H groups in total. The number of benzene rings is 3. The van der Waals surface area contributed by atoms with E-state index in [4.69, 9.17) is 10.0 Å². The first-order valence-corrected chi connectivity index (χ1v) is 11.8. The Bertz CT molecular complexity index is 940. The Kier molecular flexibility index (Phi) is 8.38. The van der Waals surface area contributed by atoms with Crippen LogP contribution in [0.15, 0.2) is 72.8 Å². The standard InChI is InChI=1S/C20H26.C10H15BO2/c1-19(2,3)17-11-7-15(8-12-17)16-9-13-18(14-10-16)20(4,5)6;1-10(2,3)8-4-6-9(7-5-8)11(12)13/h7-14H,1-6H3;4-7,12-13H,1-3H3. The van der Waals surface area contributed by atoms with Gasteiger partial charge in [-0.15, -0.1) is 0 Å². The molecule has 33 heavy (non-hydrogen) atoms. The van der Waals surface area contributed by atoms with Gasteiger partial charge in [0, 0.05) is 0 Å². The van der Waals surface area contributed by atoms with Gasteiger partial charge in [0.1, 0.15) is 0 Å². The fourth-order valence-electron chi connectivity index (χ4n) is 3.48. The molecule has 176 valence electrons. The summed E-state index contributed by atoms with van der Waals surface area (Å²) in [6, 6.07) is 25.2. The lowest BCUT2D eigenvalue weighted by atomic mass is 9.78. The molecule has 0 aromatic heterocycles. The van der Waals surface area contributed by atoms with Crippen molar-refractivity contribution in [1.29, 1.82) is 0 Å². The van der Waals surface area contributed by atoms with Crippen molar-refractivity contribution in [2.75, 3.05) is 0 Å². The Morgan fingerprint density at radius 3 is 0.879 bits per heavy atom. The summed E-state index contributed by atoms with van der Waals surface area (Å²) in [7, 11) is -1.37. The topological polar surface area (TPSA) is 40.5 Å². The van der Waals surface area contributed by atoms with E-state index in [0.717, 1.165) is 0 Å². The quantitative estimate of drug-likeness (QED) is 0.437. The molecule has 0 radical (unpaired) electrons. The van der Waals surface area contributed by atoms with Gasteiger partial charge in [0.15, 0.2) is 0 Å². The summed E-state index contributed by atoms with van der Waals surface area (Å²) >= 11 is 0. The summed E-state index contributed by atoms with van der Waals surface area (Å²) in [4.78, 5) is 0. The zero-order valence-electron chi connectivity index (χ0n) is 21.9. The van der Waals surface area contributed by atoms with Crippen molar-refractivity contribution in [1.82, 2.24) is 0 Å². The minimum absolute atomic E-state index is 0.110. The second-order valence-electron chi connectivity index (χ2n) is 11.9. The molecule has 3 aromatic carbocycles. The molecule has 0 aliphatic heterocycles. The molecule has 0 spiro atoms. The van der Waals surface area contributed by atoms with Gasteiger partial charge in [0.2, 0.25) is 0 Å². The van der Waals surface area contributed by atoms with E-state index in [0.29, 0.717) is 5.46 Å². The Balaban J connectivity index is 0.000000257. The van der Waals surface area contributed by atoms with Crippen LogP contribution in [0.2, 0.25) is 0 Å². The molecular weight excluding hydrogens is 403 g/mol. The molecule has 0 saturated heterocycles. The summed E-state index contributed by atoms with van der Waals surface area (Å²) in [5, 5.41) is 17.7. The third-order valence-corrected chi connectivity index (χ3v) is 5.91. The largest absolute Gasteiger partial charge is 0.488 e. The number of rotatable bonds is 2. The summed E-state index contributed by atoms with van der Waals surface area (Å²) < 4.78 is 0. The SMILES string of the molecule is CC(C)(C)c1ccc(-c2ccc(C(C)(C)C)cc2)cc1.CC(C)(C)c1ccc(B(O)O)cc1. The van der Waals surface area contributed by atoms with Crippen LogP contribution in [-0.4, -0.2) is 17.2 Å². The highest BCUT2D eigenvalue weighted by Gasteiger charge is 2.16. The van der Waals surface area contributed by atoms with Gasteiger partial charge in [-0.2, -0.15) is 0 Å². The molecule has 3 aromatic rings. The Hall–Kier alpha value is -2.36. The van der Waals surface area contributed by atoms with E-state index in [1.807, 2.05) is 12.1 Å². The van der Waals surface area contributed by atoms with Gasteiger partial charge in [-0.05, 0) is 49.5 Å². The van der Waals surface area contributed by atoms with E-state index in [9.17, 15) is 0 Å². The van der Waals surface area contributed by atoms with Gasteiger partial charge >= 0.3 is 7.12 Å². The van der Waals surface area contributed by atoms with Crippen molar-refractivity contribution in [3.63, 3.8) is 0 Å². The first kappa shape index (κ1) is 26.9. The number of hydrogen-bond acceptors (Lipinski definition) is 2. The van der Waals surface area contributed by atoms with E-state index in [1.165, 1.54) is 27.8 Å². The van der Waals surface area contributed by atoms with E-state index >= 15 is 0 Å². The van der Waals surface area contributed by atoms with Crippen molar-refractivity contribution < 1.29 is 10.0 Å². The van der Waals surface area contributed by atoms with Crippen molar-refractivity contribution in [2.24, 2.45) is 0 Å². The molecule has 2 nitrogen and oxygen atoms in total. The second kappa shape index (κ2) is 10.3. The van der Waals surface area contributed by atoms with Crippen molar-refractivity contribution in [3.05, 3.63) is 89.5 Å². The fourth-order valence-corrected chi connectivity index (χ4v) is 3.48. The van der Waals surface area contributed by atoms with Crippen LogP contribution < -0.4 is 5.46 Å². The monoisotopic (exact) mass is 444 g/mol. The van der Waals surface area contributed by atoms with Gasteiger partial charge < -0.3 is 10.0 Å². The van der Waals surface area contributed by atoms with Crippen molar-refractivity contribution in [2.45, 2.75) is 78.6 Å². The molecule has 0 fully saturated rings. The average Bonchev–Trinajstić information content (AvgIpc) is 2.73. The Labute approximate surface area is 201 Å². The first-order chi connectivity index (χ1) is 15.1. The highest BCUT2D eigenvalue weighted by atomic mass is 16.4. The molecule has 0 atom stereocenters. The van der Waals surface area contributed by atoms with Crippen LogP contribution in [0.3, 0.4) is 0 Å². The second-order valence-corrected chi connectivity index (χ2v) is 11.9. The minimum atomic E-state index is -1.37. The molecule has 0 bridgehead atoms. The van der Waals surface area contributed by atoms with Crippen LogP contribution in [0.1, 0.15) is 79.0 Å². The van der Waals surface area contributed by atoms with Gasteiger partial charge in [-0.3, -0.25) is 0 Å². The lowest BCUT2D eigenvalue weighted by Gasteiger charge is -2.20. The lowest BCUT2D eigenvalue weighted by molar-refractivity contribution is 0.425. The van der Waals surface area contributed by atoms with E-state index < -0.39 is 7.12 Å². The maximum absolute atomic E-state index is 8.87. The van der Waals surface area contributed by atoms with Crippen LogP contribution in [0, 0.1) is 0 Å². The Morgan fingerprint density at radius 2 is 0.667 bits per heavy atom. The number of hydrogen-bond donors (Lipinski definition) is 2. The van der Waals surface area contributed by atoms with Gasteiger partial charge in [0.05, 0.1) is 0 Å². The van der Waals surface area contributed by atoms with Gasteiger partial charge in [0.25, 0.3) is 0 Å². The van der Waals surface area contributed by atoms with Crippen LogP contribution in [-0.2, 0) is 16.2 Å². The normalized spacial score (nSPS) is 12.1. The summed E-state index contributed by atoms with van der Waals surface area (Å²) in [6.07, 6.45) is 0. The van der Waals surface area contributed by atoms with E-state index in [2.05, 4.69) is 111 Å². The van der Waals surface area contributed by atoms with Crippen LogP contribution in [0.4, 0.5) is 0 Å². The third-order valence-electron chi connectivity index (χ3n) is 5.91. The molecule has 0 saturated carbocycles. The van der Waals surface area contributed by atoms with Crippen LogP contribution >= 0.6 is 0 Å². The van der Waals surface area contributed by atoms with Gasteiger partial charge in [-0.1, -0.05) is 135 Å². The summed E-state index contributed by atoms with van der Waals surface area (Å²) in [5.74, 6) is 0. The highest BCUT2D eigenvalue weighted by Crippen LogP contribution is 2.28. The van der Waals surface area contributed by atoms with Crippen LogP contribution in [0.5, 0.6) is 0 Å². The molecular formula is C30H41BO2. The third kappa shape index (κ3) is 7.87. The maximum atomic E-state index is 8.87. The zero-order chi connectivity index (χ0) is 25.0. The molecule has 3 rings (SSSR count). The predicted molar refractivity (Wildman–Crippen MR) is 144 cm³/mol.